The van der Waals surface area contributed by atoms with Gasteiger partial charge in [0.15, 0.2) is 0 Å². The molecular formula is C21H32BNO5. The van der Waals surface area contributed by atoms with Gasteiger partial charge >= 0.3 is 13.2 Å². The SMILES string of the molecule is CN(C(=O)OC(C)(C)C)[C@@H]1COCc2cc(B3OC(C)(C)C(C)(C)O3)ccc21. The highest BCUT2D eigenvalue weighted by atomic mass is 16.7. The Hall–Kier alpha value is -1.57. The molecule has 2 heterocycles. The van der Waals surface area contributed by atoms with Crippen LogP contribution in [0.1, 0.15) is 65.6 Å². The molecule has 1 aromatic rings. The monoisotopic (exact) mass is 389 g/mol. The van der Waals surface area contributed by atoms with Crippen molar-refractivity contribution in [2.45, 2.75) is 77.9 Å². The fourth-order valence-corrected chi connectivity index (χ4v) is 3.35. The van der Waals surface area contributed by atoms with Crippen LogP contribution in [0.3, 0.4) is 0 Å². The van der Waals surface area contributed by atoms with E-state index in [4.69, 9.17) is 18.8 Å². The number of carbonyl (C=O) groups excluding carboxylic acids is 1. The third-order valence-corrected chi connectivity index (χ3v) is 5.73. The van der Waals surface area contributed by atoms with E-state index in [0.717, 1.165) is 16.6 Å². The molecule has 0 unspecified atom stereocenters. The number of hydrogen-bond donors (Lipinski definition) is 0. The van der Waals surface area contributed by atoms with Crippen LogP contribution in [-0.2, 0) is 25.4 Å². The third-order valence-electron chi connectivity index (χ3n) is 5.73. The zero-order valence-electron chi connectivity index (χ0n) is 18.3. The molecule has 1 saturated heterocycles. The van der Waals surface area contributed by atoms with Crippen LogP contribution in [0.5, 0.6) is 0 Å². The molecule has 7 heteroatoms. The van der Waals surface area contributed by atoms with Gasteiger partial charge in [-0.2, -0.15) is 0 Å². The van der Waals surface area contributed by atoms with Gasteiger partial charge in [-0.05, 0) is 65.1 Å². The van der Waals surface area contributed by atoms with Crippen molar-refractivity contribution in [2.75, 3.05) is 13.7 Å². The molecule has 2 aliphatic rings. The van der Waals surface area contributed by atoms with E-state index in [1.54, 1.807) is 11.9 Å². The maximum absolute atomic E-state index is 12.5. The van der Waals surface area contributed by atoms with Gasteiger partial charge < -0.3 is 23.7 Å². The number of ether oxygens (including phenoxy) is 2. The van der Waals surface area contributed by atoms with Crippen molar-refractivity contribution in [3.05, 3.63) is 29.3 Å². The van der Waals surface area contributed by atoms with Gasteiger partial charge in [0, 0.05) is 7.05 Å². The quantitative estimate of drug-likeness (QED) is 0.726. The Labute approximate surface area is 168 Å². The van der Waals surface area contributed by atoms with Crippen molar-refractivity contribution in [3.8, 4) is 0 Å². The normalized spacial score (nSPS) is 23.3. The smallest absolute Gasteiger partial charge is 0.444 e. The number of nitrogens with zero attached hydrogens (tertiary/aromatic N) is 1. The molecule has 0 spiro atoms. The molecule has 0 radical (unpaired) electrons. The zero-order valence-corrected chi connectivity index (χ0v) is 18.3. The molecule has 1 amide bonds. The lowest BCUT2D eigenvalue weighted by atomic mass is 9.77. The molecule has 0 aliphatic carbocycles. The third kappa shape index (κ3) is 4.07. The van der Waals surface area contributed by atoms with Gasteiger partial charge in [0.2, 0.25) is 0 Å². The van der Waals surface area contributed by atoms with Gasteiger partial charge in [-0.1, -0.05) is 18.2 Å². The fourth-order valence-electron chi connectivity index (χ4n) is 3.35. The molecule has 1 aromatic carbocycles. The summed E-state index contributed by atoms with van der Waals surface area (Å²) in [6.45, 7) is 14.7. The minimum Gasteiger partial charge on any atom is -0.444 e. The van der Waals surface area contributed by atoms with Crippen LogP contribution in [0.25, 0.3) is 0 Å². The number of amides is 1. The molecule has 6 nitrogen and oxygen atoms in total. The number of likely N-dealkylation sites (N-methyl/N-ethyl adjacent to an activating group) is 1. The number of fused-ring (bicyclic) bond motifs is 1. The second-order valence-electron chi connectivity index (χ2n) is 9.67. The largest absolute Gasteiger partial charge is 0.494 e. The Kier molecular flexibility index (Phi) is 5.32. The Morgan fingerprint density at radius 3 is 2.36 bits per heavy atom. The highest BCUT2D eigenvalue weighted by molar-refractivity contribution is 6.62. The zero-order chi connectivity index (χ0) is 20.9. The number of carbonyl (C=O) groups is 1. The first-order valence-corrected chi connectivity index (χ1v) is 9.83. The Balaban J connectivity index is 1.82. The second-order valence-corrected chi connectivity index (χ2v) is 9.67. The number of rotatable bonds is 2. The molecule has 2 aliphatic heterocycles. The van der Waals surface area contributed by atoms with Gasteiger partial charge in [-0.25, -0.2) is 4.79 Å². The van der Waals surface area contributed by atoms with E-state index in [1.165, 1.54) is 0 Å². The summed E-state index contributed by atoms with van der Waals surface area (Å²) in [7, 11) is 1.33. The average Bonchev–Trinajstić information content (AvgIpc) is 2.79. The standard InChI is InChI=1S/C21H32BNO5/c1-19(2,3)26-18(24)23(8)17-13-25-12-14-11-15(9-10-16(14)17)22-27-20(4,5)21(6,7)28-22/h9-11,17H,12-13H2,1-8H3/t17-/m1/s1. The van der Waals surface area contributed by atoms with E-state index in [9.17, 15) is 4.79 Å². The van der Waals surface area contributed by atoms with Crippen LogP contribution < -0.4 is 5.46 Å². The first kappa shape index (κ1) is 21.2. The highest BCUT2D eigenvalue weighted by Gasteiger charge is 2.51. The Morgan fingerprint density at radius 1 is 1.18 bits per heavy atom. The van der Waals surface area contributed by atoms with Crippen molar-refractivity contribution >= 4 is 18.7 Å². The van der Waals surface area contributed by atoms with E-state index in [1.807, 2.05) is 60.6 Å². The fraction of sp³-hybridized carbons (Fsp3) is 0.667. The molecule has 0 aromatic heterocycles. The summed E-state index contributed by atoms with van der Waals surface area (Å²) in [4.78, 5) is 14.1. The lowest BCUT2D eigenvalue weighted by molar-refractivity contribution is -0.000342. The first-order chi connectivity index (χ1) is 12.8. The predicted octanol–water partition coefficient (Wildman–Crippen LogP) is 3.42. The van der Waals surface area contributed by atoms with Gasteiger partial charge in [0.05, 0.1) is 30.5 Å². The van der Waals surface area contributed by atoms with Crippen LogP contribution in [0.4, 0.5) is 4.79 Å². The molecular weight excluding hydrogens is 357 g/mol. The van der Waals surface area contributed by atoms with E-state index in [-0.39, 0.29) is 23.3 Å². The van der Waals surface area contributed by atoms with Crippen molar-refractivity contribution in [1.82, 2.24) is 4.90 Å². The maximum Gasteiger partial charge on any atom is 0.494 e. The summed E-state index contributed by atoms with van der Waals surface area (Å²) < 4.78 is 23.6. The first-order valence-electron chi connectivity index (χ1n) is 9.83. The van der Waals surface area contributed by atoms with Crippen LogP contribution >= 0.6 is 0 Å². The van der Waals surface area contributed by atoms with E-state index < -0.39 is 12.7 Å². The van der Waals surface area contributed by atoms with Crippen LogP contribution in [0.15, 0.2) is 18.2 Å². The number of hydrogen-bond acceptors (Lipinski definition) is 5. The van der Waals surface area contributed by atoms with E-state index >= 15 is 0 Å². The Bertz CT molecular complexity index is 740. The van der Waals surface area contributed by atoms with Gasteiger partial charge in [-0.3, -0.25) is 0 Å². The van der Waals surface area contributed by atoms with Crippen LogP contribution in [0, 0.1) is 0 Å². The second kappa shape index (κ2) is 7.04. The van der Waals surface area contributed by atoms with Crippen molar-refractivity contribution in [3.63, 3.8) is 0 Å². The van der Waals surface area contributed by atoms with E-state index in [2.05, 4.69) is 6.07 Å². The van der Waals surface area contributed by atoms with E-state index in [0.29, 0.717) is 13.2 Å². The lowest BCUT2D eigenvalue weighted by Crippen LogP contribution is -2.41. The maximum atomic E-state index is 12.5. The van der Waals surface area contributed by atoms with Crippen molar-refractivity contribution < 1.29 is 23.6 Å². The molecule has 1 atom stereocenters. The van der Waals surface area contributed by atoms with Crippen molar-refractivity contribution in [1.29, 1.82) is 0 Å². The van der Waals surface area contributed by atoms with Gasteiger partial charge in [0.1, 0.15) is 5.60 Å². The Morgan fingerprint density at radius 2 is 1.79 bits per heavy atom. The molecule has 28 heavy (non-hydrogen) atoms. The lowest BCUT2D eigenvalue weighted by Gasteiger charge is -2.34. The highest BCUT2D eigenvalue weighted by Crippen LogP contribution is 2.37. The summed E-state index contributed by atoms with van der Waals surface area (Å²) in [6, 6.07) is 5.93. The summed E-state index contributed by atoms with van der Waals surface area (Å²) in [5.74, 6) is 0. The molecule has 154 valence electrons. The summed E-state index contributed by atoms with van der Waals surface area (Å²) in [5.41, 5.74) is 1.76. The van der Waals surface area contributed by atoms with Crippen LogP contribution in [-0.4, -0.2) is 48.6 Å². The molecule has 3 rings (SSSR count). The minimum atomic E-state index is -0.537. The van der Waals surface area contributed by atoms with Gasteiger partial charge in [-0.15, -0.1) is 0 Å². The summed E-state index contributed by atoms with van der Waals surface area (Å²) >= 11 is 0. The van der Waals surface area contributed by atoms with Crippen LogP contribution in [0.2, 0.25) is 0 Å². The summed E-state index contributed by atoms with van der Waals surface area (Å²) in [5, 5.41) is 0. The average molecular weight is 389 g/mol. The molecule has 0 N–H and O–H groups in total. The number of benzene rings is 1. The molecule has 1 fully saturated rings. The van der Waals surface area contributed by atoms with Gasteiger partial charge in [0.25, 0.3) is 0 Å². The molecule has 0 saturated carbocycles. The summed E-state index contributed by atoms with van der Waals surface area (Å²) in [6.07, 6.45) is -0.357. The van der Waals surface area contributed by atoms with Crippen molar-refractivity contribution in [2.24, 2.45) is 0 Å². The minimum absolute atomic E-state index is 0.189. The molecule has 0 bridgehead atoms. The predicted molar refractivity (Wildman–Crippen MR) is 109 cm³/mol. The topological polar surface area (TPSA) is 57.2 Å².